The van der Waals surface area contributed by atoms with Crippen LogP contribution in [0.4, 0.5) is 0 Å². The lowest BCUT2D eigenvalue weighted by Gasteiger charge is -2.44. The van der Waals surface area contributed by atoms with Crippen molar-refractivity contribution in [3.8, 4) is 5.75 Å². The first-order chi connectivity index (χ1) is 13.9. The van der Waals surface area contributed by atoms with E-state index < -0.39 is 0 Å². The van der Waals surface area contributed by atoms with Crippen LogP contribution >= 0.6 is 0 Å². The van der Waals surface area contributed by atoms with Gasteiger partial charge in [0, 0.05) is 31.1 Å². The fourth-order valence-corrected chi connectivity index (χ4v) is 4.36. The fourth-order valence-electron chi connectivity index (χ4n) is 4.36. The fraction of sp³-hybridized carbons (Fsp3) is 0.542. The first kappa shape index (κ1) is 21.4. The van der Waals surface area contributed by atoms with Crippen molar-refractivity contribution in [2.45, 2.75) is 58.1 Å². The van der Waals surface area contributed by atoms with Crippen LogP contribution in [0.1, 0.15) is 51.4 Å². The lowest BCUT2D eigenvalue weighted by atomic mass is 9.68. The van der Waals surface area contributed by atoms with Gasteiger partial charge in [-0.3, -0.25) is 4.79 Å². The molecule has 1 aliphatic rings. The van der Waals surface area contributed by atoms with E-state index in [1.165, 1.54) is 5.56 Å². The van der Waals surface area contributed by atoms with Crippen molar-refractivity contribution >= 4 is 5.91 Å². The number of hydrogen-bond donors (Lipinski definition) is 0. The van der Waals surface area contributed by atoms with Gasteiger partial charge < -0.3 is 18.8 Å². The number of para-hydroxylation sites is 1. The normalized spacial score (nSPS) is 21.9. The summed E-state index contributed by atoms with van der Waals surface area (Å²) in [6.07, 6.45) is 4.56. The van der Waals surface area contributed by atoms with Gasteiger partial charge in [0.2, 0.25) is 5.91 Å². The maximum Gasteiger partial charge on any atom is 0.219 e. The predicted molar refractivity (Wildman–Crippen MR) is 113 cm³/mol. The Morgan fingerprint density at radius 1 is 1.28 bits per heavy atom. The van der Waals surface area contributed by atoms with E-state index in [1.54, 1.807) is 20.3 Å². The van der Waals surface area contributed by atoms with Gasteiger partial charge in [0.05, 0.1) is 26.0 Å². The molecule has 0 saturated carbocycles. The van der Waals surface area contributed by atoms with Crippen LogP contribution in [0.25, 0.3) is 0 Å². The highest BCUT2D eigenvalue weighted by Crippen LogP contribution is 2.45. The molecule has 0 spiro atoms. The molecule has 1 saturated heterocycles. The van der Waals surface area contributed by atoms with Crippen molar-refractivity contribution in [2.75, 3.05) is 20.3 Å². The van der Waals surface area contributed by atoms with Crippen LogP contribution in [0.3, 0.4) is 0 Å². The van der Waals surface area contributed by atoms with Crippen LogP contribution in [0.2, 0.25) is 0 Å². The standard InChI is InChI=1S/C24H33NO4/c1-18(2)23-16-24(12-15-29-23,21-9-5-6-10-22(21)27-4)11-13-25(19(3)26)17-20-8-7-14-28-20/h5-10,14,18,23H,11-13,15-17H2,1-4H3/t23-,24-/m1/s1. The zero-order valence-corrected chi connectivity index (χ0v) is 18.0. The number of hydrogen-bond acceptors (Lipinski definition) is 4. The quantitative estimate of drug-likeness (QED) is 0.640. The van der Waals surface area contributed by atoms with Crippen molar-refractivity contribution in [1.82, 2.24) is 4.90 Å². The lowest BCUT2D eigenvalue weighted by Crippen LogP contribution is -2.43. The van der Waals surface area contributed by atoms with Gasteiger partial charge in [-0.1, -0.05) is 32.0 Å². The Hall–Kier alpha value is -2.27. The topological polar surface area (TPSA) is 51.9 Å². The summed E-state index contributed by atoms with van der Waals surface area (Å²) in [4.78, 5) is 14.2. The number of benzene rings is 1. The van der Waals surface area contributed by atoms with Gasteiger partial charge in [0.25, 0.3) is 0 Å². The van der Waals surface area contributed by atoms with E-state index in [4.69, 9.17) is 13.9 Å². The second kappa shape index (κ2) is 9.49. The molecule has 0 bridgehead atoms. The van der Waals surface area contributed by atoms with E-state index in [9.17, 15) is 4.79 Å². The molecule has 0 unspecified atom stereocenters. The molecular formula is C24H33NO4. The van der Waals surface area contributed by atoms with Crippen LogP contribution in [-0.4, -0.2) is 37.2 Å². The van der Waals surface area contributed by atoms with Crippen molar-refractivity contribution in [2.24, 2.45) is 5.92 Å². The summed E-state index contributed by atoms with van der Waals surface area (Å²) >= 11 is 0. The summed E-state index contributed by atoms with van der Waals surface area (Å²) in [6, 6.07) is 12.1. The van der Waals surface area contributed by atoms with Crippen LogP contribution in [-0.2, 0) is 21.5 Å². The van der Waals surface area contributed by atoms with E-state index in [0.29, 0.717) is 19.0 Å². The Morgan fingerprint density at radius 2 is 2.07 bits per heavy atom. The third-order valence-electron chi connectivity index (χ3n) is 6.16. The maximum atomic E-state index is 12.3. The molecule has 1 fully saturated rings. The molecule has 2 aromatic rings. The lowest BCUT2D eigenvalue weighted by molar-refractivity contribution is -0.130. The molecule has 1 aromatic heterocycles. The van der Waals surface area contributed by atoms with Gasteiger partial charge in [0.1, 0.15) is 11.5 Å². The zero-order chi connectivity index (χ0) is 20.9. The Kier molecular flexibility index (Phi) is 7.01. The summed E-state index contributed by atoms with van der Waals surface area (Å²) in [7, 11) is 1.73. The largest absolute Gasteiger partial charge is 0.496 e. The highest BCUT2D eigenvalue weighted by Gasteiger charge is 2.41. The second-order valence-electron chi connectivity index (χ2n) is 8.36. The highest BCUT2D eigenvalue weighted by molar-refractivity contribution is 5.73. The molecule has 5 nitrogen and oxygen atoms in total. The van der Waals surface area contributed by atoms with Crippen LogP contribution in [0.15, 0.2) is 47.1 Å². The SMILES string of the molecule is COc1ccccc1[C@]1(CCN(Cc2ccco2)C(C)=O)CCO[C@@H](C(C)C)C1. The number of nitrogens with zero attached hydrogens (tertiary/aromatic N) is 1. The Bertz CT molecular complexity index is 786. The summed E-state index contributed by atoms with van der Waals surface area (Å²) in [5, 5.41) is 0. The summed E-state index contributed by atoms with van der Waals surface area (Å²) in [5.41, 5.74) is 1.13. The van der Waals surface area contributed by atoms with Gasteiger partial charge in [-0.25, -0.2) is 0 Å². The molecular weight excluding hydrogens is 366 g/mol. The third kappa shape index (κ3) is 5.02. The molecule has 2 heterocycles. The molecule has 29 heavy (non-hydrogen) atoms. The molecule has 3 rings (SSSR count). The molecule has 0 aliphatic carbocycles. The molecule has 1 aromatic carbocycles. The molecule has 2 atom stereocenters. The van der Waals surface area contributed by atoms with Crippen LogP contribution in [0.5, 0.6) is 5.75 Å². The van der Waals surface area contributed by atoms with Crippen molar-refractivity contribution in [3.63, 3.8) is 0 Å². The number of rotatable bonds is 8. The number of methoxy groups -OCH3 is 1. The van der Waals surface area contributed by atoms with Crippen LogP contribution in [0, 0.1) is 5.92 Å². The minimum atomic E-state index is -0.0867. The molecule has 0 radical (unpaired) electrons. The summed E-state index contributed by atoms with van der Waals surface area (Å²) < 4.78 is 17.3. The summed E-state index contributed by atoms with van der Waals surface area (Å²) in [6.45, 7) is 7.93. The maximum absolute atomic E-state index is 12.3. The Labute approximate surface area is 174 Å². The van der Waals surface area contributed by atoms with Crippen molar-refractivity contribution in [3.05, 3.63) is 54.0 Å². The van der Waals surface area contributed by atoms with Gasteiger partial charge in [-0.05, 0) is 43.4 Å². The minimum absolute atomic E-state index is 0.0593. The van der Waals surface area contributed by atoms with E-state index in [2.05, 4.69) is 26.0 Å². The number of carbonyl (C=O) groups is 1. The smallest absolute Gasteiger partial charge is 0.219 e. The van der Waals surface area contributed by atoms with E-state index in [-0.39, 0.29) is 17.4 Å². The van der Waals surface area contributed by atoms with E-state index in [0.717, 1.165) is 37.4 Å². The van der Waals surface area contributed by atoms with Gasteiger partial charge in [-0.15, -0.1) is 0 Å². The average molecular weight is 400 g/mol. The van der Waals surface area contributed by atoms with Crippen molar-refractivity contribution < 1.29 is 18.7 Å². The third-order valence-corrected chi connectivity index (χ3v) is 6.16. The number of ether oxygens (including phenoxy) is 2. The van der Waals surface area contributed by atoms with Gasteiger partial charge in [-0.2, -0.15) is 0 Å². The van der Waals surface area contributed by atoms with Crippen molar-refractivity contribution in [1.29, 1.82) is 0 Å². The first-order valence-electron chi connectivity index (χ1n) is 10.5. The highest BCUT2D eigenvalue weighted by atomic mass is 16.5. The molecule has 158 valence electrons. The average Bonchev–Trinajstić information content (AvgIpc) is 3.24. The van der Waals surface area contributed by atoms with E-state index in [1.807, 2.05) is 29.2 Å². The van der Waals surface area contributed by atoms with Gasteiger partial charge >= 0.3 is 0 Å². The Balaban J connectivity index is 1.87. The molecule has 0 N–H and O–H groups in total. The molecule has 1 amide bonds. The second-order valence-corrected chi connectivity index (χ2v) is 8.36. The number of furan rings is 1. The molecule has 1 aliphatic heterocycles. The zero-order valence-electron chi connectivity index (χ0n) is 18.0. The number of carbonyl (C=O) groups excluding carboxylic acids is 1. The van der Waals surface area contributed by atoms with Crippen LogP contribution < -0.4 is 4.74 Å². The first-order valence-corrected chi connectivity index (χ1v) is 10.5. The molecule has 5 heteroatoms. The van der Waals surface area contributed by atoms with Gasteiger partial charge in [0.15, 0.2) is 0 Å². The Morgan fingerprint density at radius 3 is 2.72 bits per heavy atom. The monoisotopic (exact) mass is 399 g/mol. The number of amides is 1. The predicted octanol–water partition coefficient (Wildman–Crippen LogP) is 4.80. The summed E-state index contributed by atoms with van der Waals surface area (Å²) in [5.74, 6) is 2.22. The van der Waals surface area contributed by atoms with E-state index >= 15 is 0 Å². The minimum Gasteiger partial charge on any atom is -0.496 e.